The van der Waals surface area contributed by atoms with Crippen molar-refractivity contribution in [2.45, 2.75) is 39.2 Å². The average molecular weight is 314 g/mol. The summed E-state index contributed by atoms with van der Waals surface area (Å²) in [5.41, 5.74) is -0.530. The summed E-state index contributed by atoms with van der Waals surface area (Å²) in [4.78, 5) is 38.7. The van der Waals surface area contributed by atoms with Gasteiger partial charge in [0, 0.05) is 39.7 Å². The van der Waals surface area contributed by atoms with Crippen LogP contribution in [0.4, 0.5) is 4.79 Å². The molecular formula is C15H26N2O5. The number of carbonyl (C=O) groups excluding carboxylic acids is 3. The fourth-order valence-electron chi connectivity index (χ4n) is 2.05. The fourth-order valence-corrected chi connectivity index (χ4v) is 2.05. The zero-order valence-corrected chi connectivity index (χ0v) is 13.9. The van der Waals surface area contributed by atoms with Crippen LogP contribution in [0.25, 0.3) is 0 Å². The first-order chi connectivity index (χ1) is 10.2. The van der Waals surface area contributed by atoms with Crippen LogP contribution in [0, 0.1) is 0 Å². The molecule has 22 heavy (non-hydrogen) atoms. The van der Waals surface area contributed by atoms with Gasteiger partial charge < -0.3 is 19.3 Å². The maximum Gasteiger partial charge on any atom is 0.410 e. The Labute approximate surface area is 131 Å². The van der Waals surface area contributed by atoms with E-state index in [2.05, 4.69) is 0 Å². The Balaban J connectivity index is 2.37. The predicted octanol–water partition coefficient (Wildman–Crippen LogP) is 1.06. The van der Waals surface area contributed by atoms with Gasteiger partial charge in [-0.15, -0.1) is 0 Å². The molecule has 1 saturated heterocycles. The van der Waals surface area contributed by atoms with Crippen molar-refractivity contribution in [2.75, 3.05) is 39.9 Å². The molecule has 0 aromatic rings. The smallest absolute Gasteiger partial charge is 0.410 e. The van der Waals surface area contributed by atoms with Crippen molar-refractivity contribution >= 4 is 17.8 Å². The van der Waals surface area contributed by atoms with Gasteiger partial charge in [-0.05, 0) is 20.8 Å². The van der Waals surface area contributed by atoms with Gasteiger partial charge >= 0.3 is 6.09 Å². The number of nitrogens with zero attached hydrogens (tertiary/aromatic N) is 2. The molecule has 0 spiro atoms. The minimum absolute atomic E-state index is 0.101. The third-order valence-corrected chi connectivity index (χ3v) is 3.22. The van der Waals surface area contributed by atoms with Gasteiger partial charge in [-0.25, -0.2) is 4.79 Å². The van der Waals surface area contributed by atoms with Crippen molar-refractivity contribution in [3.05, 3.63) is 0 Å². The molecule has 7 nitrogen and oxygen atoms in total. The van der Waals surface area contributed by atoms with Gasteiger partial charge in [0.1, 0.15) is 11.4 Å². The summed E-state index contributed by atoms with van der Waals surface area (Å²) in [6.07, 6.45) is -0.216. The first kappa shape index (κ1) is 18.4. The lowest BCUT2D eigenvalue weighted by atomic mass is 10.2. The first-order valence-corrected chi connectivity index (χ1v) is 7.49. The van der Waals surface area contributed by atoms with Crippen LogP contribution in [0.5, 0.6) is 0 Å². The van der Waals surface area contributed by atoms with E-state index < -0.39 is 5.60 Å². The molecule has 1 aliphatic heterocycles. The molecule has 126 valence electrons. The molecule has 0 atom stereocenters. The first-order valence-electron chi connectivity index (χ1n) is 7.49. The number of hydrogen-bond donors (Lipinski definition) is 0. The summed E-state index contributed by atoms with van der Waals surface area (Å²) < 4.78 is 10.1. The predicted molar refractivity (Wildman–Crippen MR) is 80.5 cm³/mol. The van der Waals surface area contributed by atoms with Gasteiger partial charge in [0.25, 0.3) is 0 Å². The van der Waals surface area contributed by atoms with Gasteiger partial charge in [0.15, 0.2) is 0 Å². The van der Waals surface area contributed by atoms with Crippen molar-refractivity contribution in [1.82, 2.24) is 9.80 Å². The number of ketones is 1. The minimum atomic E-state index is -0.530. The molecule has 0 N–H and O–H groups in total. The Morgan fingerprint density at radius 3 is 2.05 bits per heavy atom. The number of hydrogen-bond acceptors (Lipinski definition) is 5. The fraction of sp³-hybridized carbons (Fsp3) is 0.800. The number of ether oxygens (including phenoxy) is 2. The topological polar surface area (TPSA) is 76.2 Å². The summed E-state index contributed by atoms with van der Waals surface area (Å²) in [7, 11) is 1.52. The summed E-state index contributed by atoms with van der Waals surface area (Å²) in [6.45, 7) is 7.48. The summed E-state index contributed by atoms with van der Waals surface area (Å²) >= 11 is 0. The van der Waals surface area contributed by atoms with E-state index in [-0.39, 0.29) is 30.6 Å². The third-order valence-electron chi connectivity index (χ3n) is 3.22. The molecule has 0 bridgehead atoms. The minimum Gasteiger partial charge on any atom is -0.444 e. The Hall–Kier alpha value is -1.63. The SMILES string of the molecule is COCCC(=O)CC(=O)N1CCN(C(=O)OC(C)(C)C)CC1. The van der Waals surface area contributed by atoms with Crippen LogP contribution in [0.1, 0.15) is 33.6 Å². The number of methoxy groups -OCH3 is 1. The second kappa shape index (κ2) is 8.12. The molecule has 0 unspecified atom stereocenters. The van der Waals surface area contributed by atoms with Crippen LogP contribution < -0.4 is 0 Å². The van der Waals surface area contributed by atoms with Gasteiger partial charge in [-0.2, -0.15) is 0 Å². The number of carbonyl (C=O) groups is 3. The molecule has 2 amide bonds. The zero-order valence-electron chi connectivity index (χ0n) is 13.9. The molecule has 0 saturated carbocycles. The van der Waals surface area contributed by atoms with Crippen molar-refractivity contribution in [2.24, 2.45) is 0 Å². The van der Waals surface area contributed by atoms with E-state index in [1.165, 1.54) is 7.11 Å². The lowest BCUT2D eigenvalue weighted by Crippen LogP contribution is -2.51. The van der Waals surface area contributed by atoms with Gasteiger partial charge in [-0.1, -0.05) is 0 Å². The van der Waals surface area contributed by atoms with Crippen LogP contribution >= 0.6 is 0 Å². The number of Topliss-reactive ketones (excluding diaryl/α,β-unsaturated/α-hetero) is 1. The highest BCUT2D eigenvalue weighted by Crippen LogP contribution is 2.12. The molecular weight excluding hydrogens is 288 g/mol. The van der Waals surface area contributed by atoms with E-state index in [9.17, 15) is 14.4 Å². The maximum absolute atomic E-state index is 12.0. The molecule has 1 fully saturated rings. The largest absolute Gasteiger partial charge is 0.444 e. The Morgan fingerprint density at radius 2 is 1.55 bits per heavy atom. The van der Waals surface area contributed by atoms with Crippen molar-refractivity contribution in [1.29, 1.82) is 0 Å². The highest BCUT2D eigenvalue weighted by Gasteiger charge is 2.28. The Morgan fingerprint density at radius 1 is 1.00 bits per heavy atom. The van der Waals surface area contributed by atoms with E-state index in [0.717, 1.165) is 0 Å². The zero-order chi connectivity index (χ0) is 16.8. The Bertz CT molecular complexity index is 409. The number of rotatable bonds is 5. The summed E-state index contributed by atoms with van der Waals surface area (Å²) in [6, 6.07) is 0. The van der Waals surface area contributed by atoms with Crippen molar-refractivity contribution in [3.63, 3.8) is 0 Å². The lowest BCUT2D eigenvalue weighted by Gasteiger charge is -2.35. The summed E-state index contributed by atoms with van der Waals surface area (Å²) in [5.74, 6) is -0.314. The number of amides is 2. The normalized spacial score (nSPS) is 15.6. The molecule has 1 rings (SSSR count). The highest BCUT2D eigenvalue weighted by molar-refractivity contribution is 5.98. The van der Waals surface area contributed by atoms with Crippen LogP contribution in [0.15, 0.2) is 0 Å². The van der Waals surface area contributed by atoms with Gasteiger partial charge in [0.2, 0.25) is 5.91 Å². The monoisotopic (exact) mass is 314 g/mol. The molecule has 0 aromatic heterocycles. The highest BCUT2D eigenvalue weighted by atomic mass is 16.6. The van der Waals surface area contributed by atoms with E-state index in [1.807, 2.05) is 20.8 Å². The molecule has 0 radical (unpaired) electrons. The molecule has 1 heterocycles. The lowest BCUT2D eigenvalue weighted by molar-refractivity contribution is -0.137. The van der Waals surface area contributed by atoms with E-state index in [4.69, 9.17) is 9.47 Å². The van der Waals surface area contributed by atoms with E-state index >= 15 is 0 Å². The van der Waals surface area contributed by atoms with Gasteiger partial charge in [-0.3, -0.25) is 9.59 Å². The van der Waals surface area contributed by atoms with Crippen molar-refractivity contribution < 1.29 is 23.9 Å². The quantitative estimate of drug-likeness (QED) is 0.709. The van der Waals surface area contributed by atoms with Crippen LogP contribution in [-0.2, 0) is 19.1 Å². The van der Waals surface area contributed by atoms with Gasteiger partial charge in [0.05, 0.1) is 13.0 Å². The molecule has 0 aromatic carbocycles. The molecule has 0 aliphatic carbocycles. The Kier molecular flexibility index (Phi) is 6.80. The second-order valence-electron chi connectivity index (χ2n) is 6.31. The standard InChI is InChI=1S/C15H26N2O5/c1-15(2,3)22-14(20)17-8-6-16(7-9-17)13(19)11-12(18)5-10-21-4/h5-11H2,1-4H3. The van der Waals surface area contributed by atoms with E-state index in [1.54, 1.807) is 9.80 Å². The average Bonchev–Trinajstić information content (AvgIpc) is 2.43. The molecule has 7 heteroatoms. The van der Waals surface area contributed by atoms with Crippen LogP contribution in [0.3, 0.4) is 0 Å². The third kappa shape index (κ3) is 6.43. The van der Waals surface area contributed by atoms with E-state index in [0.29, 0.717) is 32.8 Å². The maximum atomic E-state index is 12.0. The number of piperazine rings is 1. The van der Waals surface area contributed by atoms with Crippen molar-refractivity contribution in [3.8, 4) is 0 Å². The second-order valence-corrected chi connectivity index (χ2v) is 6.31. The molecule has 1 aliphatic rings. The van der Waals surface area contributed by atoms with Crippen LogP contribution in [0.2, 0.25) is 0 Å². The van der Waals surface area contributed by atoms with Crippen LogP contribution in [-0.4, -0.2) is 73.1 Å². The summed E-state index contributed by atoms with van der Waals surface area (Å²) in [5, 5.41) is 0.